The molecule has 0 amide bonds. The fourth-order valence-electron chi connectivity index (χ4n) is 0.931. The van der Waals surface area contributed by atoms with E-state index in [0.29, 0.717) is 0 Å². The van der Waals surface area contributed by atoms with Crippen molar-refractivity contribution in [1.82, 2.24) is 0 Å². The highest BCUT2D eigenvalue weighted by molar-refractivity contribution is 5.54. The minimum Gasteiger partial charge on any atom is -0.293 e. The molecule has 0 aromatic heterocycles. The number of nitrogens with one attached hydrogen (secondary N) is 1. The van der Waals surface area contributed by atoms with Crippen LogP contribution in [0.1, 0.15) is 11.1 Å². The van der Waals surface area contributed by atoms with Gasteiger partial charge in [-0.25, -0.2) is 0 Å². The van der Waals surface area contributed by atoms with E-state index in [-0.39, 0.29) is 0 Å². The number of hydrogen-bond acceptors (Lipinski definition) is 2. The number of rotatable bonds is 1. The van der Waals surface area contributed by atoms with Crippen LogP contribution in [0, 0.1) is 25.3 Å². The summed E-state index contributed by atoms with van der Waals surface area (Å²) < 4.78 is 0. The van der Waals surface area contributed by atoms with Crippen molar-refractivity contribution in [3.05, 3.63) is 29.3 Å². The number of anilines is 1. The lowest BCUT2D eigenvalue weighted by molar-refractivity contribution is 1.37. The van der Waals surface area contributed by atoms with Crippen molar-refractivity contribution in [2.75, 3.05) is 5.32 Å². The third-order valence-electron chi connectivity index (χ3n) is 1.58. The summed E-state index contributed by atoms with van der Waals surface area (Å²) in [4.78, 5) is 0. The van der Waals surface area contributed by atoms with E-state index in [1.807, 2.05) is 38.2 Å². The summed E-state index contributed by atoms with van der Waals surface area (Å²) in [6, 6.07) is 5.98. The Balaban J connectivity index is 3.05. The molecule has 1 aromatic carbocycles. The molecule has 1 N–H and O–H groups in total. The summed E-state index contributed by atoms with van der Waals surface area (Å²) in [6.07, 6.45) is 1.90. The summed E-state index contributed by atoms with van der Waals surface area (Å²) in [5, 5.41) is 11.0. The first-order chi connectivity index (χ1) is 5.24. The maximum Gasteiger partial charge on any atom is 0.181 e. The Labute approximate surface area is 66.5 Å². The molecule has 0 aliphatic rings. The van der Waals surface area contributed by atoms with E-state index < -0.39 is 0 Å². The fourth-order valence-corrected chi connectivity index (χ4v) is 0.931. The summed E-state index contributed by atoms with van der Waals surface area (Å²) in [6.45, 7) is 3.97. The lowest BCUT2D eigenvalue weighted by Crippen LogP contribution is -1.90. The normalized spacial score (nSPS) is 8.82. The second-order valence-electron chi connectivity index (χ2n) is 2.56. The van der Waals surface area contributed by atoms with Crippen LogP contribution in [0.3, 0.4) is 0 Å². The Bertz CT molecular complexity index is 297. The van der Waals surface area contributed by atoms with Gasteiger partial charge in [0.1, 0.15) is 0 Å². The van der Waals surface area contributed by atoms with Gasteiger partial charge in [0.2, 0.25) is 0 Å². The van der Waals surface area contributed by atoms with Crippen LogP contribution in [0.25, 0.3) is 0 Å². The van der Waals surface area contributed by atoms with Gasteiger partial charge < -0.3 is 0 Å². The third kappa shape index (κ3) is 1.71. The van der Waals surface area contributed by atoms with E-state index in [9.17, 15) is 0 Å². The van der Waals surface area contributed by atoms with Crippen molar-refractivity contribution in [2.45, 2.75) is 13.8 Å². The van der Waals surface area contributed by atoms with E-state index >= 15 is 0 Å². The van der Waals surface area contributed by atoms with Gasteiger partial charge in [-0.3, -0.25) is 5.32 Å². The summed E-state index contributed by atoms with van der Waals surface area (Å²) in [5.41, 5.74) is 3.15. The SMILES string of the molecule is Cc1ccc(C)c(NC#N)c1. The first-order valence-corrected chi connectivity index (χ1v) is 3.46. The molecule has 0 saturated carbocycles. The molecule has 0 aliphatic heterocycles. The number of hydrogen-bond donors (Lipinski definition) is 1. The number of nitrogens with zero attached hydrogens (tertiary/aromatic N) is 1. The largest absolute Gasteiger partial charge is 0.293 e. The molecule has 0 heterocycles. The van der Waals surface area contributed by atoms with Crippen LogP contribution in [0.4, 0.5) is 5.69 Å². The maximum atomic E-state index is 8.37. The minimum absolute atomic E-state index is 0.896. The van der Waals surface area contributed by atoms with Crippen LogP contribution in [-0.2, 0) is 0 Å². The molecule has 0 saturated heterocycles. The highest BCUT2D eigenvalue weighted by atomic mass is 14.9. The van der Waals surface area contributed by atoms with Crippen molar-refractivity contribution in [1.29, 1.82) is 5.26 Å². The molecule has 0 spiro atoms. The van der Waals surface area contributed by atoms with Gasteiger partial charge >= 0.3 is 0 Å². The predicted molar refractivity (Wildman–Crippen MR) is 45.2 cm³/mol. The van der Waals surface area contributed by atoms with Crippen LogP contribution < -0.4 is 5.32 Å². The van der Waals surface area contributed by atoms with Crippen molar-refractivity contribution in [3.63, 3.8) is 0 Å². The van der Waals surface area contributed by atoms with Gasteiger partial charge in [0, 0.05) is 0 Å². The van der Waals surface area contributed by atoms with Crippen LogP contribution in [0.2, 0.25) is 0 Å². The second kappa shape index (κ2) is 3.07. The topological polar surface area (TPSA) is 35.8 Å². The van der Waals surface area contributed by atoms with Crippen LogP contribution in [-0.4, -0.2) is 0 Å². The summed E-state index contributed by atoms with van der Waals surface area (Å²) in [5.74, 6) is 0. The Hall–Kier alpha value is -1.49. The standard InChI is InChI=1S/C9H10N2/c1-7-3-4-8(2)9(5-7)11-6-10/h3-5,11H,1-2H3. The smallest absolute Gasteiger partial charge is 0.181 e. The Kier molecular flexibility index (Phi) is 2.12. The first kappa shape index (κ1) is 7.62. The third-order valence-corrected chi connectivity index (χ3v) is 1.58. The molecule has 56 valence electrons. The van der Waals surface area contributed by atoms with Crippen LogP contribution in [0.15, 0.2) is 18.2 Å². The van der Waals surface area contributed by atoms with Crippen molar-refractivity contribution < 1.29 is 0 Å². The molecule has 2 heteroatoms. The monoisotopic (exact) mass is 146 g/mol. The quantitative estimate of drug-likeness (QED) is 0.487. The molecular weight excluding hydrogens is 136 g/mol. The van der Waals surface area contributed by atoms with Crippen molar-refractivity contribution in [3.8, 4) is 6.19 Å². The van der Waals surface area contributed by atoms with Crippen molar-refractivity contribution in [2.24, 2.45) is 0 Å². The van der Waals surface area contributed by atoms with E-state index in [0.717, 1.165) is 16.8 Å². The molecule has 1 rings (SSSR count). The average Bonchev–Trinajstić information content (AvgIpc) is 1.98. The van der Waals surface area contributed by atoms with Gasteiger partial charge in [0.15, 0.2) is 6.19 Å². The molecular formula is C9H10N2. The maximum absolute atomic E-state index is 8.37. The van der Waals surface area contributed by atoms with Crippen LogP contribution >= 0.6 is 0 Å². The average molecular weight is 146 g/mol. The molecule has 0 aliphatic carbocycles. The number of benzene rings is 1. The number of aryl methyl sites for hydroxylation is 2. The van der Waals surface area contributed by atoms with Gasteiger partial charge in [0.05, 0.1) is 5.69 Å². The van der Waals surface area contributed by atoms with Crippen molar-refractivity contribution >= 4 is 5.69 Å². The minimum atomic E-state index is 0.896. The summed E-state index contributed by atoms with van der Waals surface area (Å²) >= 11 is 0. The molecule has 2 nitrogen and oxygen atoms in total. The lowest BCUT2D eigenvalue weighted by atomic mass is 10.1. The van der Waals surface area contributed by atoms with E-state index in [2.05, 4.69) is 5.32 Å². The molecule has 0 atom stereocenters. The molecule has 1 aromatic rings. The van der Waals surface area contributed by atoms with Gasteiger partial charge in [-0.2, -0.15) is 5.26 Å². The molecule has 0 bridgehead atoms. The summed E-state index contributed by atoms with van der Waals surface area (Å²) in [7, 11) is 0. The predicted octanol–water partition coefficient (Wildman–Crippen LogP) is 2.20. The lowest BCUT2D eigenvalue weighted by Gasteiger charge is -2.02. The van der Waals surface area contributed by atoms with E-state index in [4.69, 9.17) is 5.26 Å². The highest BCUT2D eigenvalue weighted by Crippen LogP contribution is 2.15. The van der Waals surface area contributed by atoms with E-state index in [1.165, 1.54) is 0 Å². The molecule has 0 unspecified atom stereocenters. The molecule has 0 fully saturated rings. The van der Waals surface area contributed by atoms with Crippen LogP contribution in [0.5, 0.6) is 0 Å². The Morgan fingerprint density at radius 3 is 2.73 bits per heavy atom. The first-order valence-electron chi connectivity index (χ1n) is 3.46. The van der Waals surface area contributed by atoms with Gasteiger partial charge in [-0.15, -0.1) is 0 Å². The van der Waals surface area contributed by atoms with Gasteiger partial charge in [0.25, 0.3) is 0 Å². The Morgan fingerprint density at radius 2 is 2.09 bits per heavy atom. The molecule has 11 heavy (non-hydrogen) atoms. The van der Waals surface area contributed by atoms with E-state index in [1.54, 1.807) is 0 Å². The number of nitriles is 1. The molecule has 0 radical (unpaired) electrons. The zero-order valence-corrected chi connectivity index (χ0v) is 6.68. The van der Waals surface area contributed by atoms with Gasteiger partial charge in [-0.05, 0) is 31.0 Å². The Morgan fingerprint density at radius 1 is 1.36 bits per heavy atom. The highest BCUT2D eigenvalue weighted by Gasteiger charge is 1.95. The van der Waals surface area contributed by atoms with Gasteiger partial charge in [-0.1, -0.05) is 12.1 Å². The second-order valence-corrected chi connectivity index (χ2v) is 2.56. The fraction of sp³-hybridized carbons (Fsp3) is 0.222. The zero-order valence-electron chi connectivity index (χ0n) is 6.68. The zero-order chi connectivity index (χ0) is 8.27.